The third kappa shape index (κ3) is 2.40. The Bertz CT molecular complexity index is 704. The largest absolute Gasteiger partial charge is 0.281 e. The van der Waals surface area contributed by atoms with Crippen molar-refractivity contribution in [2.45, 2.75) is 4.90 Å². The van der Waals surface area contributed by atoms with E-state index in [2.05, 4.69) is 0 Å². The molecule has 21 heavy (non-hydrogen) atoms. The summed E-state index contributed by atoms with van der Waals surface area (Å²) in [6.07, 6.45) is 0. The standard InChI is InChI=1S/C10H5ClF5NO3S/c11-10(18)3-1-17(2-3)21(19,20)9-7(15)5(13)4(12)6(14)8(9)16/h3H,1-2H2. The molecule has 0 N–H and O–H groups in total. The van der Waals surface area contributed by atoms with Gasteiger partial charge in [-0.25, -0.2) is 30.4 Å². The lowest BCUT2D eigenvalue weighted by molar-refractivity contribution is -0.117. The number of benzene rings is 1. The minimum absolute atomic E-state index is 0.399. The highest BCUT2D eigenvalue weighted by Crippen LogP contribution is 2.32. The van der Waals surface area contributed by atoms with Crippen LogP contribution in [-0.2, 0) is 14.8 Å². The van der Waals surface area contributed by atoms with Gasteiger partial charge >= 0.3 is 0 Å². The first-order valence-corrected chi connectivity index (χ1v) is 7.11. The van der Waals surface area contributed by atoms with Crippen LogP contribution in [-0.4, -0.2) is 31.1 Å². The molecular formula is C10H5ClF5NO3S. The van der Waals surface area contributed by atoms with Crippen LogP contribution in [0.1, 0.15) is 0 Å². The highest BCUT2D eigenvalue weighted by Gasteiger charge is 2.44. The maximum Gasteiger partial charge on any atom is 0.249 e. The van der Waals surface area contributed by atoms with Gasteiger partial charge in [0.25, 0.3) is 0 Å². The first-order chi connectivity index (χ1) is 9.59. The zero-order valence-corrected chi connectivity index (χ0v) is 11.4. The molecule has 1 heterocycles. The Morgan fingerprint density at radius 3 is 1.71 bits per heavy atom. The summed E-state index contributed by atoms with van der Waals surface area (Å²) in [6, 6.07) is 0. The molecule has 0 radical (unpaired) electrons. The van der Waals surface area contributed by atoms with E-state index in [0.29, 0.717) is 4.31 Å². The van der Waals surface area contributed by atoms with Crippen LogP contribution in [0.4, 0.5) is 22.0 Å². The van der Waals surface area contributed by atoms with Gasteiger partial charge in [-0.3, -0.25) is 4.79 Å². The van der Waals surface area contributed by atoms with Gasteiger partial charge in [0.2, 0.25) is 21.1 Å². The molecule has 1 saturated heterocycles. The average Bonchev–Trinajstić information content (AvgIpc) is 2.31. The van der Waals surface area contributed by atoms with Crippen molar-refractivity contribution in [2.75, 3.05) is 13.1 Å². The van der Waals surface area contributed by atoms with Crippen molar-refractivity contribution in [1.82, 2.24) is 4.31 Å². The van der Waals surface area contributed by atoms with Gasteiger partial charge in [-0.2, -0.15) is 4.31 Å². The van der Waals surface area contributed by atoms with Crippen LogP contribution >= 0.6 is 11.6 Å². The van der Waals surface area contributed by atoms with Crippen molar-refractivity contribution >= 4 is 26.9 Å². The molecule has 1 aromatic rings. The third-order valence-electron chi connectivity index (χ3n) is 2.94. The van der Waals surface area contributed by atoms with Gasteiger partial charge < -0.3 is 0 Å². The maximum atomic E-state index is 13.5. The topological polar surface area (TPSA) is 54.5 Å². The van der Waals surface area contributed by atoms with Crippen LogP contribution in [0.5, 0.6) is 0 Å². The summed E-state index contributed by atoms with van der Waals surface area (Å²) in [7, 11) is -4.97. The Morgan fingerprint density at radius 2 is 1.33 bits per heavy atom. The fraction of sp³-hybridized carbons (Fsp3) is 0.300. The van der Waals surface area contributed by atoms with Crippen LogP contribution in [0.25, 0.3) is 0 Å². The van der Waals surface area contributed by atoms with E-state index >= 15 is 0 Å². The Balaban J connectivity index is 2.50. The van der Waals surface area contributed by atoms with Crippen molar-refractivity contribution in [2.24, 2.45) is 5.92 Å². The third-order valence-corrected chi connectivity index (χ3v) is 5.10. The van der Waals surface area contributed by atoms with Crippen LogP contribution in [0.15, 0.2) is 4.90 Å². The predicted molar refractivity (Wildman–Crippen MR) is 59.3 cm³/mol. The Morgan fingerprint density at radius 1 is 0.952 bits per heavy atom. The van der Waals surface area contributed by atoms with E-state index in [9.17, 15) is 35.2 Å². The van der Waals surface area contributed by atoms with E-state index in [1.807, 2.05) is 0 Å². The van der Waals surface area contributed by atoms with Gasteiger partial charge in [0.15, 0.2) is 28.2 Å². The summed E-state index contributed by atoms with van der Waals surface area (Å²) in [4.78, 5) is 8.80. The van der Waals surface area contributed by atoms with Crippen LogP contribution in [0.3, 0.4) is 0 Å². The summed E-state index contributed by atoms with van der Waals surface area (Å²) in [5, 5.41) is -0.862. The molecule has 0 saturated carbocycles. The maximum absolute atomic E-state index is 13.5. The number of hydrogen-bond donors (Lipinski definition) is 0. The van der Waals surface area contributed by atoms with Crippen molar-refractivity contribution < 1.29 is 35.2 Å². The van der Waals surface area contributed by atoms with E-state index in [4.69, 9.17) is 11.6 Å². The van der Waals surface area contributed by atoms with Crippen molar-refractivity contribution in [1.29, 1.82) is 0 Å². The second kappa shape index (κ2) is 5.18. The van der Waals surface area contributed by atoms with Crippen molar-refractivity contribution in [3.8, 4) is 0 Å². The van der Waals surface area contributed by atoms with Gasteiger partial charge in [-0.05, 0) is 11.6 Å². The fourth-order valence-electron chi connectivity index (χ4n) is 1.72. The number of rotatable bonds is 3. The number of sulfonamides is 1. The molecule has 0 amide bonds. The summed E-state index contributed by atoms with van der Waals surface area (Å²) >= 11 is 5.10. The molecule has 0 atom stereocenters. The fourth-order valence-corrected chi connectivity index (χ4v) is 3.50. The number of carbonyl (C=O) groups is 1. The smallest absolute Gasteiger partial charge is 0.249 e. The minimum Gasteiger partial charge on any atom is -0.281 e. The lowest BCUT2D eigenvalue weighted by Crippen LogP contribution is -2.52. The van der Waals surface area contributed by atoms with Crippen LogP contribution in [0, 0.1) is 35.0 Å². The highest BCUT2D eigenvalue weighted by atomic mass is 35.5. The molecule has 4 nitrogen and oxygen atoms in total. The number of nitrogens with zero attached hydrogens (tertiary/aromatic N) is 1. The normalized spacial score (nSPS) is 16.9. The number of halogens is 6. The SMILES string of the molecule is O=C(Cl)C1CN(S(=O)(=O)c2c(F)c(F)c(F)c(F)c2F)C1. The molecule has 0 spiro atoms. The van der Waals surface area contributed by atoms with E-state index in [0.717, 1.165) is 0 Å². The molecule has 116 valence electrons. The average molecular weight is 350 g/mol. The van der Waals surface area contributed by atoms with Gasteiger partial charge in [0.1, 0.15) is 0 Å². The van der Waals surface area contributed by atoms with E-state index in [1.54, 1.807) is 0 Å². The van der Waals surface area contributed by atoms with E-state index < -0.39 is 68.3 Å². The predicted octanol–water partition coefficient (Wildman–Crippen LogP) is 1.77. The molecule has 2 rings (SSSR count). The zero-order chi connectivity index (χ0) is 16.1. The summed E-state index contributed by atoms with van der Waals surface area (Å²) in [5.74, 6) is -13.0. The number of carbonyl (C=O) groups excluding carboxylic acids is 1. The van der Waals surface area contributed by atoms with Gasteiger partial charge in [-0.15, -0.1) is 0 Å². The minimum atomic E-state index is -4.97. The molecular weight excluding hydrogens is 345 g/mol. The van der Waals surface area contributed by atoms with Gasteiger partial charge in [-0.1, -0.05) is 0 Å². The first-order valence-electron chi connectivity index (χ1n) is 5.30. The molecule has 1 aromatic carbocycles. The Labute approximate surface area is 120 Å². The lowest BCUT2D eigenvalue weighted by atomic mass is 10.1. The molecule has 11 heteroatoms. The quantitative estimate of drug-likeness (QED) is 0.362. The first kappa shape index (κ1) is 16.1. The summed E-state index contributed by atoms with van der Waals surface area (Å²) in [6.45, 7) is -0.992. The van der Waals surface area contributed by atoms with E-state index in [1.165, 1.54) is 0 Å². The number of hydrogen-bond acceptors (Lipinski definition) is 3. The molecule has 0 unspecified atom stereocenters. The molecule has 1 aliphatic heterocycles. The van der Waals surface area contributed by atoms with Crippen LogP contribution < -0.4 is 0 Å². The zero-order valence-electron chi connectivity index (χ0n) is 9.84. The highest BCUT2D eigenvalue weighted by molar-refractivity contribution is 7.89. The molecule has 0 aromatic heterocycles. The second-order valence-electron chi connectivity index (χ2n) is 4.22. The van der Waals surface area contributed by atoms with Crippen molar-refractivity contribution in [3.05, 3.63) is 29.1 Å². The Hall–Kier alpha value is -1.26. The van der Waals surface area contributed by atoms with E-state index in [-0.39, 0.29) is 0 Å². The summed E-state index contributed by atoms with van der Waals surface area (Å²) in [5.41, 5.74) is 0. The molecule has 0 aliphatic carbocycles. The molecule has 0 bridgehead atoms. The van der Waals surface area contributed by atoms with Crippen molar-refractivity contribution in [3.63, 3.8) is 0 Å². The Kier molecular flexibility index (Phi) is 3.98. The molecule has 1 fully saturated rings. The van der Waals surface area contributed by atoms with Crippen LogP contribution in [0.2, 0.25) is 0 Å². The lowest BCUT2D eigenvalue weighted by Gasteiger charge is -2.35. The summed E-state index contributed by atoms with van der Waals surface area (Å²) < 4.78 is 89.9. The second-order valence-corrected chi connectivity index (χ2v) is 6.47. The van der Waals surface area contributed by atoms with Gasteiger partial charge in [0, 0.05) is 13.1 Å². The molecule has 1 aliphatic rings. The van der Waals surface area contributed by atoms with Gasteiger partial charge in [0.05, 0.1) is 5.92 Å². The monoisotopic (exact) mass is 349 g/mol.